The molecular weight excluding hydrogens is 622 g/mol. The Balaban J connectivity index is 5.77. The predicted molar refractivity (Wildman–Crippen MR) is 157 cm³/mol. The van der Waals surface area contributed by atoms with E-state index in [9.17, 15) is 58.5 Å². The second kappa shape index (κ2) is 20.5. The molecule has 0 aromatic heterocycles. The molecule has 0 saturated heterocycles. The van der Waals surface area contributed by atoms with Crippen LogP contribution in [0.25, 0.3) is 0 Å². The van der Waals surface area contributed by atoms with Gasteiger partial charge in [-0.15, -0.1) is 0 Å². The zero-order chi connectivity index (χ0) is 34.9. The van der Waals surface area contributed by atoms with Crippen molar-refractivity contribution >= 4 is 65.1 Å². The number of carbonyl (C=O) groups is 9. The maximum absolute atomic E-state index is 13.0. The summed E-state index contributed by atoms with van der Waals surface area (Å²) in [6, 6.07) is -7.93. The minimum absolute atomic E-state index is 0.0127. The van der Waals surface area contributed by atoms with E-state index in [0.29, 0.717) is 12.2 Å². The van der Waals surface area contributed by atoms with Gasteiger partial charge in [0, 0.05) is 0 Å². The molecule has 0 rings (SSSR count). The monoisotopic (exact) mass is 663 g/mol. The fourth-order valence-electron chi connectivity index (χ4n) is 3.61. The number of thioether (sulfide) groups is 1. The van der Waals surface area contributed by atoms with Gasteiger partial charge in [0.05, 0.1) is 31.8 Å². The van der Waals surface area contributed by atoms with Gasteiger partial charge in [0.2, 0.25) is 35.4 Å². The summed E-state index contributed by atoms with van der Waals surface area (Å²) in [6.07, 6.45) is -0.834. The Kier molecular flexibility index (Phi) is 18.5. The van der Waals surface area contributed by atoms with Crippen LogP contribution >= 0.6 is 11.8 Å². The normalized spacial score (nSPS) is 14.1. The third-order valence-electron chi connectivity index (χ3n) is 5.80. The number of nitrogens with one attached hydrogen (secondary N) is 5. The fourth-order valence-corrected chi connectivity index (χ4v) is 4.10. The van der Waals surface area contributed by atoms with Gasteiger partial charge in [-0.25, -0.2) is 4.79 Å². The molecule has 6 amide bonds. The maximum Gasteiger partial charge on any atom is 0.326 e. The fraction of sp³-hybridized carbons (Fsp3) is 0.640. The molecule has 0 aromatic carbocycles. The number of rotatable bonds is 22. The van der Waals surface area contributed by atoms with Crippen LogP contribution in [0.15, 0.2) is 0 Å². The second-order valence-corrected chi connectivity index (χ2v) is 11.2. The summed E-state index contributed by atoms with van der Waals surface area (Å²) in [5.41, 5.74) is 10.9. The molecule has 0 heterocycles. The standard InChI is InChI=1S/C25H41N7O12S/c1-11(2)6-16(25(43)44)32-22(40)13(7-17(27)33)30-24(42)15(9-20(37)38)31-23(41)14(8-19(35)36)29-18(34)10-28-21(39)12(26)4-5-45-3/h11-16H,4-10,26H2,1-3H3,(H2,27,33)(H,28,39)(H,29,34)(H,30,42)(H,31,41)(H,32,40)(H,35,36)(H,37,38)(H,43,44)/t12-,13-,14-,15-,16-/m0/s1. The van der Waals surface area contributed by atoms with Crippen LogP contribution < -0.4 is 38.1 Å². The SMILES string of the molecule is CSCC[C@H](N)C(=O)NCC(=O)N[C@@H](CC(=O)O)C(=O)N[C@@H](CC(=O)O)C(=O)N[C@@H](CC(N)=O)C(=O)N[C@@H](CC(C)C)C(=O)O. The van der Waals surface area contributed by atoms with Crippen LogP contribution in [0.1, 0.15) is 46.0 Å². The molecule has 0 aliphatic rings. The highest BCUT2D eigenvalue weighted by molar-refractivity contribution is 7.98. The average Bonchev–Trinajstić information content (AvgIpc) is 2.91. The van der Waals surface area contributed by atoms with Crippen LogP contribution in [0, 0.1) is 5.92 Å². The van der Waals surface area contributed by atoms with E-state index in [1.807, 2.05) is 10.6 Å². The number of amides is 6. The summed E-state index contributed by atoms with van der Waals surface area (Å²) in [6.45, 7) is 2.68. The minimum Gasteiger partial charge on any atom is -0.481 e. The number of hydrogen-bond acceptors (Lipinski definition) is 11. The molecule has 0 aliphatic carbocycles. The van der Waals surface area contributed by atoms with Gasteiger partial charge in [-0.3, -0.25) is 38.4 Å². The molecule has 0 unspecified atom stereocenters. The second-order valence-electron chi connectivity index (χ2n) is 10.2. The molecule has 254 valence electrons. The summed E-state index contributed by atoms with van der Waals surface area (Å²) in [7, 11) is 0. The number of carbonyl (C=O) groups excluding carboxylic acids is 6. The van der Waals surface area contributed by atoms with Gasteiger partial charge in [-0.05, 0) is 30.8 Å². The van der Waals surface area contributed by atoms with Crippen LogP contribution in [0.2, 0.25) is 0 Å². The zero-order valence-corrected chi connectivity index (χ0v) is 25.8. The first-order valence-corrected chi connectivity index (χ1v) is 14.9. The summed E-state index contributed by atoms with van der Waals surface area (Å²) in [4.78, 5) is 109. The summed E-state index contributed by atoms with van der Waals surface area (Å²) in [5, 5.41) is 38.4. The van der Waals surface area contributed by atoms with E-state index in [0.717, 1.165) is 0 Å². The van der Waals surface area contributed by atoms with Gasteiger partial charge in [0.25, 0.3) is 0 Å². The van der Waals surface area contributed by atoms with E-state index in [4.69, 9.17) is 11.5 Å². The average molecular weight is 664 g/mol. The van der Waals surface area contributed by atoms with Crippen molar-refractivity contribution in [3.8, 4) is 0 Å². The van der Waals surface area contributed by atoms with Crippen LogP contribution in [0.3, 0.4) is 0 Å². The molecule has 0 aliphatic heterocycles. The third-order valence-corrected chi connectivity index (χ3v) is 6.44. The van der Waals surface area contributed by atoms with Gasteiger partial charge < -0.3 is 53.4 Å². The topological polar surface area (TPSA) is 327 Å². The quantitative estimate of drug-likeness (QED) is 0.0529. The first-order chi connectivity index (χ1) is 20.9. The largest absolute Gasteiger partial charge is 0.481 e. The number of carboxylic acid groups (broad SMARTS) is 3. The van der Waals surface area contributed by atoms with Crippen molar-refractivity contribution in [2.75, 3.05) is 18.6 Å². The number of carboxylic acids is 3. The lowest BCUT2D eigenvalue weighted by Gasteiger charge is -2.25. The highest BCUT2D eigenvalue weighted by atomic mass is 32.2. The molecule has 0 radical (unpaired) electrons. The number of hydrogen-bond donors (Lipinski definition) is 10. The summed E-state index contributed by atoms with van der Waals surface area (Å²) in [5.74, 6) is -10.7. The van der Waals surface area contributed by atoms with Crippen molar-refractivity contribution in [3.05, 3.63) is 0 Å². The molecule has 0 spiro atoms. The van der Waals surface area contributed by atoms with Crippen LogP contribution in [-0.4, -0.2) is 117 Å². The van der Waals surface area contributed by atoms with E-state index in [1.165, 1.54) is 11.8 Å². The van der Waals surface area contributed by atoms with Crippen LogP contribution in [-0.2, 0) is 43.2 Å². The lowest BCUT2D eigenvalue weighted by molar-refractivity contribution is -0.144. The molecule has 0 aromatic rings. The Hall–Kier alpha value is -4.46. The molecule has 0 fully saturated rings. The Morgan fingerprint density at radius 3 is 1.53 bits per heavy atom. The van der Waals surface area contributed by atoms with Gasteiger partial charge in [-0.2, -0.15) is 11.8 Å². The van der Waals surface area contributed by atoms with Crippen molar-refractivity contribution in [2.45, 2.75) is 76.2 Å². The van der Waals surface area contributed by atoms with E-state index < -0.39 is 109 Å². The van der Waals surface area contributed by atoms with E-state index in [1.54, 1.807) is 20.1 Å². The molecular formula is C25H41N7O12S. The molecule has 5 atom stereocenters. The third kappa shape index (κ3) is 17.4. The van der Waals surface area contributed by atoms with Crippen molar-refractivity contribution in [3.63, 3.8) is 0 Å². The number of nitrogens with two attached hydrogens (primary N) is 2. The van der Waals surface area contributed by atoms with Crippen LogP contribution in [0.4, 0.5) is 0 Å². The van der Waals surface area contributed by atoms with Gasteiger partial charge in [0.1, 0.15) is 24.2 Å². The van der Waals surface area contributed by atoms with Crippen molar-refractivity contribution in [2.24, 2.45) is 17.4 Å². The molecule has 12 N–H and O–H groups in total. The van der Waals surface area contributed by atoms with Gasteiger partial charge in [-0.1, -0.05) is 13.8 Å². The Labute approximate surface area is 262 Å². The Morgan fingerprint density at radius 1 is 0.689 bits per heavy atom. The molecule has 0 bridgehead atoms. The van der Waals surface area contributed by atoms with Gasteiger partial charge >= 0.3 is 17.9 Å². The molecule has 45 heavy (non-hydrogen) atoms. The van der Waals surface area contributed by atoms with E-state index in [-0.39, 0.29) is 12.3 Å². The van der Waals surface area contributed by atoms with E-state index in [2.05, 4.69) is 16.0 Å². The molecule has 20 heteroatoms. The minimum atomic E-state index is -1.97. The smallest absolute Gasteiger partial charge is 0.326 e. The van der Waals surface area contributed by atoms with E-state index >= 15 is 0 Å². The number of primary amides is 1. The van der Waals surface area contributed by atoms with Crippen molar-refractivity contribution in [1.29, 1.82) is 0 Å². The zero-order valence-electron chi connectivity index (χ0n) is 25.0. The Bertz CT molecular complexity index is 1120. The van der Waals surface area contributed by atoms with Crippen LogP contribution in [0.5, 0.6) is 0 Å². The van der Waals surface area contributed by atoms with Gasteiger partial charge in [0.15, 0.2) is 0 Å². The van der Waals surface area contributed by atoms with Crippen molar-refractivity contribution in [1.82, 2.24) is 26.6 Å². The maximum atomic E-state index is 13.0. The number of aliphatic carboxylic acids is 3. The first kappa shape index (κ1) is 40.5. The first-order valence-electron chi connectivity index (χ1n) is 13.5. The Morgan fingerprint density at radius 2 is 1.13 bits per heavy atom. The lowest BCUT2D eigenvalue weighted by atomic mass is 10.0. The summed E-state index contributed by atoms with van der Waals surface area (Å²) < 4.78 is 0. The summed E-state index contributed by atoms with van der Waals surface area (Å²) >= 11 is 1.44. The lowest BCUT2D eigenvalue weighted by Crippen LogP contribution is -2.59. The molecule has 0 saturated carbocycles. The van der Waals surface area contributed by atoms with Crippen molar-refractivity contribution < 1.29 is 58.5 Å². The highest BCUT2D eigenvalue weighted by Gasteiger charge is 2.34. The molecule has 19 nitrogen and oxygen atoms in total. The highest BCUT2D eigenvalue weighted by Crippen LogP contribution is 2.07. The predicted octanol–water partition coefficient (Wildman–Crippen LogP) is -3.92.